The molecule has 6 heteroatoms. The SMILES string of the molecule is OC(COc1ccccc1)CN(CCN1CCOCC1)Cc1ccc(F)cc1. The second-order valence-corrected chi connectivity index (χ2v) is 7.09. The fraction of sp³-hybridized carbons (Fsp3) is 0.455. The molecule has 5 nitrogen and oxygen atoms in total. The van der Waals surface area contributed by atoms with Crippen LogP contribution in [-0.2, 0) is 11.3 Å². The van der Waals surface area contributed by atoms with Crippen molar-refractivity contribution in [2.45, 2.75) is 12.6 Å². The Bertz CT molecular complexity index is 678. The van der Waals surface area contributed by atoms with Crippen LogP contribution in [0.5, 0.6) is 5.75 Å². The first-order valence-corrected chi connectivity index (χ1v) is 9.82. The molecule has 0 spiro atoms. The molecule has 1 unspecified atom stereocenters. The van der Waals surface area contributed by atoms with Gasteiger partial charge in [-0.15, -0.1) is 0 Å². The van der Waals surface area contributed by atoms with Crippen LogP contribution in [0.2, 0.25) is 0 Å². The summed E-state index contributed by atoms with van der Waals surface area (Å²) in [6.45, 7) is 6.53. The highest BCUT2D eigenvalue weighted by molar-refractivity contribution is 5.21. The molecule has 0 aromatic heterocycles. The second kappa shape index (κ2) is 11.1. The van der Waals surface area contributed by atoms with Crippen molar-refractivity contribution in [3.63, 3.8) is 0 Å². The van der Waals surface area contributed by atoms with E-state index in [1.165, 1.54) is 12.1 Å². The molecule has 1 heterocycles. The summed E-state index contributed by atoms with van der Waals surface area (Å²) >= 11 is 0. The van der Waals surface area contributed by atoms with Crippen molar-refractivity contribution in [1.82, 2.24) is 9.80 Å². The van der Waals surface area contributed by atoms with E-state index in [0.29, 0.717) is 13.1 Å². The Labute approximate surface area is 166 Å². The van der Waals surface area contributed by atoms with Gasteiger partial charge in [0, 0.05) is 39.3 Å². The van der Waals surface area contributed by atoms with E-state index in [1.807, 2.05) is 30.3 Å². The molecule has 1 N–H and O–H groups in total. The predicted octanol–water partition coefficient (Wildman–Crippen LogP) is 2.40. The van der Waals surface area contributed by atoms with E-state index in [-0.39, 0.29) is 12.4 Å². The van der Waals surface area contributed by atoms with E-state index in [4.69, 9.17) is 9.47 Å². The van der Waals surface area contributed by atoms with E-state index >= 15 is 0 Å². The molecular formula is C22H29FN2O3. The number of aliphatic hydroxyl groups excluding tert-OH is 1. The smallest absolute Gasteiger partial charge is 0.123 e. The number of ether oxygens (including phenoxy) is 2. The van der Waals surface area contributed by atoms with Crippen LogP contribution in [0.4, 0.5) is 4.39 Å². The number of nitrogens with zero attached hydrogens (tertiary/aromatic N) is 2. The van der Waals surface area contributed by atoms with Crippen LogP contribution >= 0.6 is 0 Å². The largest absolute Gasteiger partial charge is 0.491 e. The first-order chi connectivity index (χ1) is 13.7. The van der Waals surface area contributed by atoms with Gasteiger partial charge in [-0.3, -0.25) is 9.80 Å². The minimum absolute atomic E-state index is 0.236. The van der Waals surface area contributed by atoms with Crippen molar-refractivity contribution in [2.75, 3.05) is 52.5 Å². The second-order valence-electron chi connectivity index (χ2n) is 7.09. The summed E-state index contributed by atoms with van der Waals surface area (Å²) in [6, 6.07) is 16.0. The van der Waals surface area contributed by atoms with Gasteiger partial charge in [-0.1, -0.05) is 30.3 Å². The summed E-state index contributed by atoms with van der Waals surface area (Å²) in [6.07, 6.45) is -0.606. The number of hydrogen-bond donors (Lipinski definition) is 1. The highest BCUT2D eigenvalue weighted by Gasteiger charge is 2.16. The van der Waals surface area contributed by atoms with Crippen molar-refractivity contribution in [3.8, 4) is 5.75 Å². The Morgan fingerprint density at radius 3 is 2.50 bits per heavy atom. The average molecular weight is 388 g/mol. The Morgan fingerprint density at radius 1 is 1.07 bits per heavy atom. The minimum Gasteiger partial charge on any atom is -0.491 e. The topological polar surface area (TPSA) is 45.2 Å². The van der Waals surface area contributed by atoms with E-state index < -0.39 is 6.10 Å². The highest BCUT2D eigenvalue weighted by atomic mass is 19.1. The number of rotatable bonds is 10. The molecule has 0 saturated carbocycles. The van der Waals surface area contributed by atoms with Crippen LogP contribution in [0.3, 0.4) is 0 Å². The number of benzene rings is 2. The summed E-state index contributed by atoms with van der Waals surface area (Å²) in [4.78, 5) is 4.57. The first-order valence-electron chi connectivity index (χ1n) is 9.82. The quantitative estimate of drug-likeness (QED) is 0.677. The van der Waals surface area contributed by atoms with E-state index in [0.717, 1.165) is 50.7 Å². The van der Waals surface area contributed by atoms with Gasteiger partial charge in [0.05, 0.1) is 13.2 Å². The fourth-order valence-corrected chi connectivity index (χ4v) is 3.25. The Hall–Kier alpha value is -1.99. The van der Waals surface area contributed by atoms with Crippen molar-refractivity contribution < 1.29 is 19.0 Å². The summed E-state index contributed by atoms with van der Waals surface area (Å²) in [7, 11) is 0. The van der Waals surface area contributed by atoms with Crippen LogP contribution in [0.1, 0.15) is 5.56 Å². The van der Waals surface area contributed by atoms with Gasteiger partial charge in [0.15, 0.2) is 0 Å². The highest BCUT2D eigenvalue weighted by Crippen LogP contribution is 2.11. The molecule has 0 aliphatic carbocycles. The molecule has 2 aromatic rings. The molecule has 1 atom stereocenters. The van der Waals surface area contributed by atoms with Gasteiger partial charge in [0.1, 0.15) is 24.3 Å². The standard InChI is InChI=1S/C22H29FN2O3/c23-20-8-6-19(7-9-20)16-25(11-10-24-12-14-27-15-13-24)17-21(26)18-28-22-4-2-1-3-5-22/h1-9,21,26H,10-18H2. The number of hydrogen-bond acceptors (Lipinski definition) is 5. The maximum Gasteiger partial charge on any atom is 0.123 e. The van der Waals surface area contributed by atoms with Gasteiger partial charge in [0.2, 0.25) is 0 Å². The van der Waals surface area contributed by atoms with Gasteiger partial charge in [0.25, 0.3) is 0 Å². The van der Waals surface area contributed by atoms with Gasteiger partial charge < -0.3 is 14.6 Å². The zero-order valence-corrected chi connectivity index (χ0v) is 16.2. The zero-order valence-electron chi connectivity index (χ0n) is 16.2. The zero-order chi connectivity index (χ0) is 19.6. The fourth-order valence-electron chi connectivity index (χ4n) is 3.25. The molecule has 1 fully saturated rings. The molecule has 0 amide bonds. The van der Waals surface area contributed by atoms with Gasteiger partial charge in [-0.05, 0) is 29.8 Å². The van der Waals surface area contributed by atoms with E-state index in [2.05, 4.69) is 9.80 Å². The van der Waals surface area contributed by atoms with Gasteiger partial charge in [-0.25, -0.2) is 4.39 Å². The van der Waals surface area contributed by atoms with Crippen molar-refractivity contribution in [2.24, 2.45) is 0 Å². The number of aliphatic hydroxyl groups is 1. The maximum atomic E-state index is 13.2. The lowest BCUT2D eigenvalue weighted by Gasteiger charge is -2.31. The van der Waals surface area contributed by atoms with Crippen LogP contribution < -0.4 is 4.74 Å². The first kappa shape index (κ1) is 20.7. The average Bonchev–Trinajstić information content (AvgIpc) is 2.74. The summed E-state index contributed by atoms with van der Waals surface area (Å²) in [5.41, 5.74) is 1.03. The predicted molar refractivity (Wildman–Crippen MR) is 107 cm³/mol. The molecular weight excluding hydrogens is 359 g/mol. The Kier molecular flexibility index (Phi) is 8.23. The van der Waals surface area contributed by atoms with Crippen molar-refractivity contribution in [1.29, 1.82) is 0 Å². The molecule has 1 saturated heterocycles. The number of morpholine rings is 1. The normalized spacial score (nSPS) is 16.2. The van der Waals surface area contributed by atoms with Crippen LogP contribution in [0.15, 0.2) is 54.6 Å². The number of halogens is 1. The summed E-state index contributed by atoms with van der Waals surface area (Å²) in [5, 5.41) is 10.5. The van der Waals surface area contributed by atoms with Crippen LogP contribution in [0, 0.1) is 5.82 Å². The van der Waals surface area contributed by atoms with Gasteiger partial charge in [-0.2, -0.15) is 0 Å². The molecule has 0 bridgehead atoms. The third-order valence-electron chi connectivity index (χ3n) is 4.81. The molecule has 2 aromatic carbocycles. The van der Waals surface area contributed by atoms with E-state index in [9.17, 15) is 9.50 Å². The molecule has 152 valence electrons. The lowest BCUT2D eigenvalue weighted by molar-refractivity contribution is 0.0256. The molecule has 0 radical (unpaired) electrons. The summed E-state index contributed by atoms with van der Waals surface area (Å²) in [5.74, 6) is 0.514. The lowest BCUT2D eigenvalue weighted by atomic mass is 10.2. The third-order valence-corrected chi connectivity index (χ3v) is 4.81. The van der Waals surface area contributed by atoms with Crippen LogP contribution in [-0.4, -0.2) is 73.6 Å². The van der Waals surface area contributed by atoms with Crippen molar-refractivity contribution >= 4 is 0 Å². The van der Waals surface area contributed by atoms with Crippen molar-refractivity contribution in [3.05, 3.63) is 66.0 Å². The van der Waals surface area contributed by atoms with E-state index in [1.54, 1.807) is 12.1 Å². The number of para-hydroxylation sites is 1. The Balaban J connectivity index is 1.53. The summed E-state index contributed by atoms with van der Waals surface area (Å²) < 4.78 is 24.3. The minimum atomic E-state index is -0.606. The van der Waals surface area contributed by atoms with Gasteiger partial charge >= 0.3 is 0 Å². The molecule has 1 aliphatic heterocycles. The van der Waals surface area contributed by atoms with Crippen LogP contribution in [0.25, 0.3) is 0 Å². The molecule has 28 heavy (non-hydrogen) atoms. The lowest BCUT2D eigenvalue weighted by Crippen LogP contribution is -2.43. The third kappa shape index (κ3) is 7.20. The monoisotopic (exact) mass is 388 g/mol. The molecule has 3 rings (SSSR count). The Morgan fingerprint density at radius 2 is 1.79 bits per heavy atom. The molecule has 1 aliphatic rings. The maximum absolute atomic E-state index is 13.2.